The third-order valence-electron chi connectivity index (χ3n) is 5.61. The van der Waals surface area contributed by atoms with E-state index >= 15 is 0 Å². The normalized spacial score (nSPS) is 14.1. The molecular weight excluding hydrogens is 392 g/mol. The summed E-state index contributed by atoms with van der Waals surface area (Å²) in [6.07, 6.45) is 0.332. The monoisotopic (exact) mass is 420 g/mol. The molecule has 1 aliphatic rings. The van der Waals surface area contributed by atoms with Gasteiger partial charge in [-0.15, -0.1) is 0 Å². The molecule has 8 heteroatoms. The predicted molar refractivity (Wildman–Crippen MR) is 120 cm³/mol. The Morgan fingerprint density at radius 1 is 1.03 bits per heavy atom. The van der Waals surface area contributed by atoms with Gasteiger partial charge in [-0.3, -0.25) is 4.79 Å². The van der Waals surface area contributed by atoms with Crippen molar-refractivity contribution in [2.45, 2.75) is 34.1 Å². The molecule has 1 amide bonds. The van der Waals surface area contributed by atoms with Crippen molar-refractivity contribution >= 4 is 23.2 Å². The molecule has 0 atom stereocenters. The van der Waals surface area contributed by atoms with E-state index in [2.05, 4.69) is 44.4 Å². The van der Waals surface area contributed by atoms with E-state index in [1.165, 1.54) is 5.56 Å². The molecule has 0 unspecified atom stereocenters. The van der Waals surface area contributed by atoms with Crippen LogP contribution in [-0.4, -0.2) is 52.1 Å². The molecule has 0 spiro atoms. The molecule has 3 aromatic rings. The number of hydrogen-bond acceptors (Lipinski definition) is 7. The fourth-order valence-corrected chi connectivity index (χ4v) is 3.76. The van der Waals surface area contributed by atoms with Crippen LogP contribution in [-0.2, 0) is 11.2 Å². The van der Waals surface area contributed by atoms with Crippen molar-refractivity contribution in [3.63, 3.8) is 0 Å². The summed E-state index contributed by atoms with van der Waals surface area (Å²) >= 11 is 0. The summed E-state index contributed by atoms with van der Waals surface area (Å²) in [5.74, 6) is 3.18. The van der Waals surface area contributed by atoms with Gasteiger partial charge in [-0.25, -0.2) is 9.97 Å². The Morgan fingerprint density at radius 2 is 1.74 bits per heavy atom. The van der Waals surface area contributed by atoms with Gasteiger partial charge in [0.1, 0.15) is 23.2 Å². The van der Waals surface area contributed by atoms with Gasteiger partial charge in [-0.2, -0.15) is 0 Å². The van der Waals surface area contributed by atoms with E-state index in [-0.39, 0.29) is 5.91 Å². The lowest BCUT2D eigenvalue weighted by molar-refractivity contribution is -0.130. The molecule has 1 aliphatic heterocycles. The number of anilines is 3. The Bertz CT molecular complexity index is 1050. The highest BCUT2D eigenvalue weighted by atomic mass is 16.5. The average molecular weight is 421 g/mol. The Labute approximate surface area is 182 Å². The number of hydrogen-bond donors (Lipinski definition) is 1. The number of benzene rings is 1. The van der Waals surface area contributed by atoms with Crippen molar-refractivity contribution in [3.05, 3.63) is 58.7 Å². The van der Waals surface area contributed by atoms with Crippen LogP contribution in [0.2, 0.25) is 0 Å². The molecular formula is C23H28N6O2. The fourth-order valence-electron chi connectivity index (χ4n) is 3.76. The topological polar surface area (TPSA) is 87.4 Å². The Morgan fingerprint density at radius 3 is 2.39 bits per heavy atom. The van der Waals surface area contributed by atoms with Crippen LogP contribution in [0.4, 0.5) is 17.3 Å². The maximum atomic E-state index is 12.8. The summed E-state index contributed by atoms with van der Waals surface area (Å²) in [5, 5.41) is 7.30. The standard InChI is InChI=1S/C23H28N6O2/c1-15-5-7-19(8-6-15)26-21-14-22(25-18(4)24-21)28-9-11-29(12-10-28)23(30)13-20-16(2)27-31-17(20)3/h5-8,14H,9-13H2,1-4H3,(H,24,25,26). The number of aromatic nitrogens is 3. The second-order valence-electron chi connectivity index (χ2n) is 8.00. The first-order chi connectivity index (χ1) is 14.9. The smallest absolute Gasteiger partial charge is 0.227 e. The molecule has 3 heterocycles. The summed E-state index contributed by atoms with van der Waals surface area (Å²) < 4.78 is 5.18. The van der Waals surface area contributed by atoms with Crippen molar-refractivity contribution in [2.75, 3.05) is 36.4 Å². The largest absolute Gasteiger partial charge is 0.361 e. The van der Waals surface area contributed by atoms with Gasteiger partial charge in [0, 0.05) is 43.5 Å². The first kappa shape index (κ1) is 20.8. The summed E-state index contributed by atoms with van der Waals surface area (Å²) in [4.78, 5) is 26.0. The van der Waals surface area contributed by atoms with Gasteiger partial charge in [-0.1, -0.05) is 22.9 Å². The number of carbonyl (C=O) groups is 1. The Kier molecular flexibility index (Phi) is 5.88. The maximum Gasteiger partial charge on any atom is 0.227 e. The first-order valence-corrected chi connectivity index (χ1v) is 10.5. The Balaban J connectivity index is 1.39. The number of nitrogens with zero attached hydrogens (tertiary/aromatic N) is 5. The molecule has 31 heavy (non-hydrogen) atoms. The quantitative estimate of drug-likeness (QED) is 0.677. The van der Waals surface area contributed by atoms with Crippen molar-refractivity contribution in [1.29, 1.82) is 0 Å². The maximum absolute atomic E-state index is 12.8. The molecule has 0 saturated carbocycles. The zero-order valence-electron chi connectivity index (χ0n) is 18.5. The van der Waals surface area contributed by atoms with E-state index in [4.69, 9.17) is 4.52 Å². The summed E-state index contributed by atoms with van der Waals surface area (Å²) in [6.45, 7) is 10.5. The van der Waals surface area contributed by atoms with Crippen molar-refractivity contribution in [1.82, 2.24) is 20.0 Å². The second kappa shape index (κ2) is 8.75. The number of rotatable bonds is 5. The van der Waals surface area contributed by atoms with E-state index in [1.54, 1.807) is 0 Å². The lowest BCUT2D eigenvalue weighted by atomic mass is 10.1. The molecule has 0 aliphatic carbocycles. The lowest BCUT2D eigenvalue weighted by Crippen LogP contribution is -2.49. The minimum atomic E-state index is 0.106. The van der Waals surface area contributed by atoms with Crippen molar-refractivity contribution in [2.24, 2.45) is 0 Å². The van der Waals surface area contributed by atoms with Crippen LogP contribution >= 0.6 is 0 Å². The zero-order valence-corrected chi connectivity index (χ0v) is 18.5. The van der Waals surface area contributed by atoms with Crippen LogP contribution in [0.3, 0.4) is 0 Å². The third-order valence-corrected chi connectivity index (χ3v) is 5.61. The van der Waals surface area contributed by atoms with Gasteiger partial charge >= 0.3 is 0 Å². The fraction of sp³-hybridized carbons (Fsp3) is 0.391. The molecule has 1 saturated heterocycles. The van der Waals surface area contributed by atoms with Crippen LogP contribution < -0.4 is 10.2 Å². The molecule has 1 fully saturated rings. The first-order valence-electron chi connectivity index (χ1n) is 10.5. The molecule has 0 bridgehead atoms. The Hall–Kier alpha value is -3.42. The van der Waals surface area contributed by atoms with Crippen molar-refractivity contribution < 1.29 is 9.32 Å². The summed E-state index contributed by atoms with van der Waals surface area (Å²) in [6, 6.07) is 10.2. The average Bonchev–Trinajstić information content (AvgIpc) is 3.07. The second-order valence-corrected chi connectivity index (χ2v) is 8.00. The summed E-state index contributed by atoms with van der Waals surface area (Å²) in [5.41, 5.74) is 3.89. The van der Waals surface area contributed by atoms with Crippen molar-refractivity contribution in [3.8, 4) is 0 Å². The van der Waals surface area contributed by atoms with E-state index in [9.17, 15) is 4.79 Å². The van der Waals surface area contributed by atoms with Gasteiger partial charge in [0.05, 0.1) is 12.1 Å². The summed E-state index contributed by atoms with van der Waals surface area (Å²) in [7, 11) is 0. The lowest BCUT2D eigenvalue weighted by Gasteiger charge is -2.35. The van der Waals surface area contributed by atoms with Gasteiger partial charge < -0.3 is 19.6 Å². The van der Waals surface area contributed by atoms with Gasteiger partial charge in [0.25, 0.3) is 0 Å². The molecule has 162 valence electrons. The highest BCUT2D eigenvalue weighted by molar-refractivity contribution is 5.79. The predicted octanol–water partition coefficient (Wildman–Crippen LogP) is 3.33. The van der Waals surface area contributed by atoms with Crippen LogP contribution in [0.15, 0.2) is 34.9 Å². The van der Waals surface area contributed by atoms with Crippen LogP contribution in [0.1, 0.15) is 28.4 Å². The molecule has 0 radical (unpaired) electrons. The minimum absolute atomic E-state index is 0.106. The third kappa shape index (κ3) is 4.84. The van der Waals surface area contributed by atoms with Crippen LogP contribution in [0.5, 0.6) is 0 Å². The SMILES string of the molecule is Cc1ccc(Nc2cc(N3CCN(C(=O)Cc4c(C)noc4C)CC3)nc(C)n2)cc1. The number of amides is 1. The van der Waals surface area contributed by atoms with Crippen LogP contribution in [0, 0.1) is 27.7 Å². The molecule has 1 N–H and O–H groups in total. The van der Waals surface area contributed by atoms with E-state index in [0.29, 0.717) is 25.3 Å². The van der Waals surface area contributed by atoms with Crippen LogP contribution in [0.25, 0.3) is 0 Å². The number of carbonyl (C=O) groups excluding carboxylic acids is 1. The van der Waals surface area contributed by atoms with E-state index < -0.39 is 0 Å². The van der Waals surface area contributed by atoms with E-state index in [1.807, 2.05) is 43.9 Å². The minimum Gasteiger partial charge on any atom is -0.361 e. The van der Waals surface area contributed by atoms with Gasteiger partial charge in [-0.05, 0) is 39.8 Å². The number of aryl methyl sites for hydroxylation is 4. The van der Waals surface area contributed by atoms with Gasteiger partial charge in [0.15, 0.2) is 0 Å². The molecule has 4 rings (SSSR count). The van der Waals surface area contributed by atoms with Gasteiger partial charge in [0.2, 0.25) is 5.91 Å². The zero-order chi connectivity index (χ0) is 22.0. The molecule has 2 aromatic heterocycles. The highest BCUT2D eigenvalue weighted by Crippen LogP contribution is 2.22. The molecule has 1 aromatic carbocycles. The highest BCUT2D eigenvalue weighted by Gasteiger charge is 2.24. The van der Waals surface area contributed by atoms with E-state index in [0.717, 1.165) is 47.4 Å². The number of nitrogens with one attached hydrogen (secondary N) is 1. The molecule has 8 nitrogen and oxygen atoms in total. The number of piperazine rings is 1.